The molecular weight excluding hydrogens is 470 g/mol. The molecule has 0 N–H and O–H groups in total. The Hall–Kier alpha value is -4.07. The molecule has 35 heavy (non-hydrogen) atoms. The molecule has 3 rings (SSSR count). The normalized spacial score (nSPS) is 11.1. The highest BCUT2D eigenvalue weighted by molar-refractivity contribution is 7.89. The van der Waals surface area contributed by atoms with Gasteiger partial charge in [-0.15, -0.1) is 0 Å². The minimum absolute atomic E-state index is 0.0186. The van der Waals surface area contributed by atoms with E-state index in [9.17, 15) is 18.0 Å². The molecule has 0 unspecified atom stereocenters. The van der Waals surface area contributed by atoms with Crippen LogP contribution in [0, 0.1) is 18.3 Å². The first kappa shape index (κ1) is 25.6. The number of carbonyl (C=O) groups excluding carboxylic acids is 2. The van der Waals surface area contributed by atoms with Crippen molar-refractivity contribution >= 4 is 22.0 Å². The second kappa shape index (κ2) is 10.9. The SMILES string of the molecule is COC(=O)CN(Cc1nc(-c2ccc(C#N)cc2)ccc1C(=O)OC)S(=O)(=O)c1ccc(C)cc1. The van der Waals surface area contributed by atoms with Crippen molar-refractivity contribution in [2.75, 3.05) is 20.8 Å². The molecule has 1 heterocycles. The van der Waals surface area contributed by atoms with Gasteiger partial charge in [-0.2, -0.15) is 9.57 Å². The molecule has 0 radical (unpaired) electrons. The number of rotatable bonds is 8. The molecule has 0 aliphatic carbocycles. The summed E-state index contributed by atoms with van der Waals surface area (Å²) in [6.07, 6.45) is 0. The summed E-state index contributed by atoms with van der Waals surface area (Å²) in [6.45, 7) is 0.847. The minimum atomic E-state index is -4.15. The van der Waals surface area contributed by atoms with Gasteiger partial charge in [-0.1, -0.05) is 29.8 Å². The number of nitrogens with zero attached hydrogens (tertiary/aromatic N) is 3. The lowest BCUT2D eigenvalue weighted by Gasteiger charge is -2.22. The van der Waals surface area contributed by atoms with Crippen LogP contribution in [0.25, 0.3) is 11.3 Å². The van der Waals surface area contributed by atoms with Gasteiger partial charge in [-0.05, 0) is 43.3 Å². The van der Waals surface area contributed by atoms with Crippen molar-refractivity contribution in [3.05, 3.63) is 83.0 Å². The molecule has 0 aliphatic rings. The fraction of sp³-hybridized carbons (Fsp3) is 0.200. The van der Waals surface area contributed by atoms with E-state index in [1.807, 2.05) is 13.0 Å². The van der Waals surface area contributed by atoms with Crippen molar-refractivity contribution in [2.45, 2.75) is 18.4 Å². The van der Waals surface area contributed by atoms with E-state index in [1.54, 1.807) is 42.5 Å². The van der Waals surface area contributed by atoms with Crippen LogP contribution in [0.5, 0.6) is 0 Å². The smallest absolute Gasteiger partial charge is 0.339 e. The average molecular weight is 494 g/mol. The van der Waals surface area contributed by atoms with Crippen molar-refractivity contribution in [3.63, 3.8) is 0 Å². The second-order valence-electron chi connectivity index (χ2n) is 7.53. The molecule has 2 aromatic carbocycles. The third kappa shape index (κ3) is 5.90. The Balaban J connectivity index is 2.10. The summed E-state index contributed by atoms with van der Waals surface area (Å²) in [6, 6.07) is 17.9. The van der Waals surface area contributed by atoms with Gasteiger partial charge in [0.25, 0.3) is 0 Å². The van der Waals surface area contributed by atoms with Crippen molar-refractivity contribution < 1.29 is 27.5 Å². The van der Waals surface area contributed by atoms with Crippen molar-refractivity contribution in [1.29, 1.82) is 5.26 Å². The maximum absolute atomic E-state index is 13.4. The minimum Gasteiger partial charge on any atom is -0.468 e. The Kier molecular flexibility index (Phi) is 7.96. The zero-order valence-corrected chi connectivity index (χ0v) is 20.2. The van der Waals surface area contributed by atoms with Gasteiger partial charge < -0.3 is 9.47 Å². The van der Waals surface area contributed by atoms with Crippen molar-refractivity contribution in [1.82, 2.24) is 9.29 Å². The topological polar surface area (TPSA) is 127 Å². The molecule has 0 fully saturated rings. The van der Waals surface area contributed by atoms with Crippen LogP contribution < -0.4 is 0 Å². The maximum atomic E-state index is 13.4. The molecule has 0 aliphatic heterocycles. The van der Waals surface area contributed by atoms with Crippen molar-refractivity contribution in [3.8, 4) is 17.3 Å². The van der Waals surface area contributed by atoms with Gasteiger partial charge >= 0.3 is 11.9 Å². The standard InChI is InChI=1S/C25H23N3O6S/c1-17-4-10-20(11-5-17)35(31,32)28(16-24(29)33-2)15-23-21(25(30)34-3)12-13-22(27-23)19-8-6-18(14-26)7-9-19/h4-13H,15-16H2,1-3H3. The van der Waals surface area contributed by atoms with E-state index in [0.717, 1.165) is 17.0 Å². The van der Waals surface area contributed by atoms with E-state index in [-0.39, 0.29) is 22.7 Å². The number of carbonyl (C=O) groups is 2. The number of nitriles is 1. The van der Waals surface area contributed by atoms with Crippen LogP contribution in [-0.2, 0) is 30.8 Å². The molecule has 0 amide bonds. The Bertz CT molecular complexity index is 1380. The fourth-order valence-electron chi connectivity index (χ4n) is 3.25. The Morgan fingerprint density at radius 2 is 1.63 bits per heavy atom. The zero-order valence-electron chi connectivity index (χ0n) is 19.4. The van der Waals surface area contributed by atoms with Gasteiger partial charge in [-0.3, -0.25) is 9.78 Å². The first-order valence-corrected chi connectivity index (χ1v) is 11.9. The number of aryl methyl sites for hydroxylation is 1. The number of ether oxygens (including phenoxy) is 2. The Labute approximate surface area is 203 Å². The molecule has 180 valence electrons. The molecule has 0 bridgehead atoms. The molecule has 1 aromatic heterocycles. The molecule has 0 spiro atoms. The largest absolute Gasteiger partial charge is 0.468 e. The highest BCUT2D eigenvalue weighted by Crippen LogP contribution is 2.24. The molecule has 3 aromatic rings. The molecule has 10 heteroatoms. The highest BCUT2D eigenvalue weighted by Gasteiger charge is 2.29. The summed E-state index contributed by atoms with van der Waals surface area (Å²) in [7, 11) is -1.79. The van der Waals surface area contributed by atoms with E-state index in [1.165, 1.54) is 25.3 Å². The number of methoxy groups -OCH3 is 2. The highest BCUT2D eigenvalue weighted by atomic mass is 32.2. The van der Waals surface area contributed by atoms with Crippen LogP contribution >= 0.6 is 0 Å². The first-order valence-electron chi connectivity index (χ1n) is 10.4. The molecular formula is C25H23N3O6S. The summed E-state index contributed by atoms with van der Waals surface area (Å²) in [5, 5.41) is 9.03. The number of pyridine rings is 1. The predicted molar refractivity (Wildman–Crippen MR) is 127 cm³/mol. The third-order valence-corrected chi connectivity index (χ3v) is 7.01. The van der Waals surface area contributed by atoms with E-state index < -0.39 is 28.5 Å². The Morgan fingerprint density at radius 3 is 2.20 bits per heavy atom. The lowest BCUT2D eigenvalue weighted by Crippen LogP contribution is -2.36. The van der Waals surface area contributed by atoms with Crippen molar-refractivity contribution in [2.24, 2.45) is 0 Å². The lowest BCUT2D eigenvalue weighted by molar-refractivity contribution is -0.140. The van der Waals surface area contributed by atoms with Crippen LogP contribution in [0.15, 0.2) is 65.6 Å². The quantitative estimate of drug-likeness (QED) is 0.438. The summed E-state index contributed by atoms with van der Waals surface area (Å²) in [5.74, 6) is -1.48. The molecule has 0 atom stereocenters. The van der Waals surface area contributed by atoms with Gasteiger partial charge in [0.05, 0.1) is 54.2 Å². The van der Waals surface area contributed by atoms with Crippen LogP contribution in [0.2, 0.25) is 0 Å². The number of hydrogen-bond donors (Lipinski definition) is 0. The summed E-state index contributed by atoms with van der Waals surface area (Å²) in [4.78, 5) is 29.0. The predicted octanol–water partition coefficient (Wildman–Crippen LogP) is 3.08. The van der Waals surface area contributed by atoms with Gasteiger partial charge in [0.15, 0.2) is 0 Å². The fourth-order valence-corrected chi connectivity index (χ4v) is 4.60. The van der Waals surface area contributed by atoms with E-state index in [0.29, 0.717) is 16.8 Å². The van der Waals surface area contributed by atoms with Gasteiger partial charge in [0.2, 0.25) is 10.0 Å². The van der Waals surface area contributed by atoms with Crippen LogP contribution in [0.4, 0.5) is 0 Å². The number of hydrogen-bond acceptors (Lipinski definition) is 8. The average Bonchev–Trinajstić information content (AvgIpc) is 2.88. The van der Waals surface area contributed by atoms with Gasteiger partial charge in [0.1, 0.15) is 6.54 Å². The zero-order chi connectivity index (χ0) is 25.6. The molecule has 0 saturated heterocycles. The number of aromatic nitrogens is 1. The van der Waals surface area contributed by atoms with E-state index in [4.69, 9.17) is 14.7 Å². The second-order valence-corrected chi connectivity index (χ2v) is 9.47. The summed E-state index contributed by atoms with van der Waals surface area (Å²) in [5.41, 5.74) is 2.59. The van der Waals surface area contributed by atoms with E-state index >= 15 is 0 Å². The first-order chi connectivity index (χ1) is 16.7. The van der Waals surface area contributed by atoms with Gasteiger partial charge in [0, 0.05) is 5.56 Å². The van der Waals surface area contributed by atoms with Crippen LogP contribution in [-0.4, -0.2) is 50.4 Å². The third-order valence-electron chi connectivity index (χ3n) is 5.21. The van der Waals surface area contributed by atoms with E-state index in [2.05, 4.69) is 4.98 Å². The molecule has 9 nitrogen and oxygen atoms in total. The van der Waals surface area contributed by atoms with Crippen LogP contribution in [0.3, 0.4) is 0 Å². The monoisotopic (exact) mass is 493 g/mol. The summed E-state index contributed by atoms with van der Waals surface area (Å²) >= 11 is 0. The lowest BCUT2D eigenvalue weighted by atomic mass is 10.1. The number of sulfonamides is 1. The maximum Gasteiger partial charge on any atom is 0.339 e. The Morgan fingerprint density at radius 1 is 0.971 bits per heavy atom. The molecule has 0 saturated carbocycles. The van der Waals surface area contributed by atoms with Crippen LogP contribution in [0.1, 0.15) is 27.2 Å². The van der Waals surface area contributed by atoms with Gasteiger partial charge in [-0.25, -0.2) is 13.2 Å². The summed E-state index contributed by atoms with van der Waals surface area (Å²) < 4.78 is 37.3. The number of esters is 2. The number of benzene rings is 2.